The topological polar surface area (TPSA) is 86.8 Å². The van der Waals surface area contributed by atoms with Gasteiger partial charge in [-0.1, -0.05) is 60.1 Å². The molecule has 1 N–H and O–H groups in total. The smallest absolute Gasteiger partial charge is 0.242 e. The molecule has 0 spiro atoms. The van der Waals surface area contributed by atoms with E-state index in [-0.39, 0.29) is 31.3 Å². The van der Waals surface area contributed by atoms with Crippen LogP contribution in [-0.2, 0) is 26.2 Å². The van der Waals surface area contributed by atoms with Gasteiger partial charge in [0, 0.05) is 30.5 Å². The average molecular weight is 567 g/mol. The molecule has 0 heterocycles. The Hall–Kier alpha value is -2.39. The Morgan fingerprint density at radius 2 is 1.66 bits per heavy atom. The van der Waals surface area contributed by atoms with Crippen molar-refractivity contribution in [1.82, 2.24) is 10.2 Å². The minimum absolute atomic E-state index is 0.121. The van der Waals surface area contributed by atoms with E-state index in [2.05, 4.69) is 21.2 Å². The molecule has 35 heavy (non-hydrogen) atoms. The molecule has 0 aliphatic rings. The third-order valence-electron chi connectivity index (χ3n) is 5.65. The second-order valence-electron chi connectivity index (χ2n) is 9.19. The molecule has 2 rings (SSSR count). The molecule has 2 aromatic rings. The lowest BCUT2D eigenvalue weighted by Gasteiger charge is -2.30. The molecule has 0 aliphatic carbocycles. The Morgan fingerprint density at radius 3 is 2.23 bits per heavy atom. The van der Waals surface area contributed by atoms with Crippen LogP contribution in [0.15, 0.2) is 53.0 Å². The van der Waals surface area contributed by atoms with Gasteiger partial charge in [-0.05, 0) is 55.5 Å². The Kier molecular flexibility index (Phi) is 10.8. The van der Waals surface area contributed by atoms with E-state index in [0.717, 1.165) is 15.6 Å². The number of para-hydroxylation sites is 1. The summed E-state index contributed by atoms with van der Waals surface area (Å²) in [6, 6.07) is 14.2. The minimum atomic E-state index is -3.52. The predicted molar refractivity (Wildman–Crippen MR) is 145 cm³/mol. The number of carbonyl (C=O) groups is 2. The zero-order valence-electron chi connectivity index (χ0n) is 21.1. The molecule has 0 unspecified atom stereocenters. The van der Waals surface area contributed by atoms with Crippen molar-refractivity contribution < 1.29 is 18.0 Å². The molecular formula is C26H36BrN3O4S. The van der Waals surface area contributed by atoms with Crippen LogP contribution in [0.1, 0.15) is 44.7 Å². The van der Waals surface area contributed by atoms with Gasteiger partial charge in [-0.25, -0.2) is 8.42 Å². The first-order chi connectivity index (χ1) is 16.4. The normalized spacial score (nSPS) is 12.3. The maximum Gasteiger partial charge on any atom is 0.242 e. The van der Waals surface area contributed by atoms with E-state index in [0.29, 0.717) is 24.6 Å². The van der Waals surface area contributed by atoms with Crippen LogP contribution in [0.25, 0.3) is 0 Å². The van der Waals surface area contributed by atoms with Crippen molar-refractivity contribution in [3.63, 3.8) is 0 Å². The van der Waals surface area contributed by atoms with Crippen LogP contribution in [0.2, 0.25) is 0 Å². The fourth-order valence-corrected chi connectivity index (χ4v) is 4.93. The fraction of sp³-hybridized carbons (Fsp3) is 0.462. The van der Waals surface area contributed by atoms with Gasteiger partial charge >= 0.3 is 0 Å². The summed E-state index contributed by atoms with van der Waals surface area (Å²) < 4.78 is 27.2. The van der Waals surface area contributed by atoms with Gasteiger partial charge in [-0.3, -0.25) is 13.9 Å². The van der Waals surface area contributed by atoms with Gasteiger partial charge in [-0.2, -0.15) is 0 Å². The van der Waals surface area contributed by atoms with Crippen LogP contribution < -0.4 is 9.62 Å². The van der Waals surface area contributed by atoms with Crippen molar-refractivity contribution in [2.45, 2.75) is 53.1 Å². The summed E-state index contributed by atoms with van der Waals surface area (Å²) >= 11 is 3.42. The first-order valence-electron chi connectivity index (χ1n) is 11.7. The number of benzene rings is 2. The number of carbonyl (C=O) groups excluding carboxylic acids is 2. The highest BCUT2D eigenvalue weighted by atomic mass is 79.9. The molecule has 0 radical (unpaired) electrons. The maximum absolute atomic E-state index is 13.3. The molecule has 0 aromatic heterocycles. The number of amides is 2. The number of aryl methyl sites for hydroxylation is 1. The van der Waals surface area contributed by atoms with E-state index in [1.165, 1.54) is 10.6 Å². The van der Waals surface area contributed by atoms with E-state index in [9.17, 15) is 18.0 Å². The van der Waals surface area contributed by atoms with Crippen molar-refractivity contribution in [2.75, 3.05) is 23.7 Å². The van der Waals surface area contributed by atoms with Crippen LogP contribution >= 0.6 is 15.9 Å². The molecule has 1 atom stereocenters. The summed E-state index contributed by atoms with van der Waals surface area (Å²) in [5.74, 6) is -0.106. The number of sulfonamides is 1. The number of hydrogen-bond donors (Lipinski definition) is 1. The van der Waals surface area contributed by atoms with Crippen LogP contribution in [0.5, 0.6) is 0 Å². The van der Waals surface area contributed by atoms with E-state index >= 15 is 0 Å². The van der Waals surface area contributed by atoms with E-state index < -0.39 is 16.1 Å². The third-order valence-corrected chi connectivity index (χ3v) is 7.36. The summed E-state index contributed by atoms with van der Waals surface area (Å²) in [6.07, 6.45) is 1.62. The first-order valence-corrected chi connectivity index (χ1v) is 14.4. The van der Waals surface area contributed by atoms with Crippen LogP contribution in [0.3, 0.4) is 0 Å². The average Bonchev–Trinajstić information content (AvgIpc) is 2.79. The van der Waals surface area contributed by atoms with Crippen molar-refractivity contribution >= 4 is 43.5 Å². The van der Waals surface area contributed by atoms with Crippen LogP contribution in [-0.4, -0.2) is 50.5 Å². The molecular weight excluding hydrogens is 530 g/mol. The van der Waals surface area contributed by atoms with Crippen molar-refractivity contribution in [3.8, 4) is 0 Å². The van der Waals surface area contributed by atoms with Gasteiger partial charge in [0.05, 0.1) is 11.9 Å². The summed E-state index contributed by atoms with van der Waals surface area (Å²) in [5.41, 5.74) is 2.36. The zero-order valence-corrected chi connectivity index (χ0v) is 23.5. The van der Waals surface area contributed by atoms with Crippen molar-refractivity contribution in [1.29, 1.82) is 0 Å². The molecule has 0 aliphatic heterocycles. The van der Waals surface area contributed by atoms with E-state index in [1.807, 2.05) is 57.2 Å². The number of hydrogen-bond acceptors (Lipinski definition) is 4. The lowest BCUT2D eigenvalue weighted by Crippen LogP contribution is -2.48. The lowest BCUT2D eigenvalue weighted by molar-refractivity contribution is -0.140. The molecule has 192 valence electrons. The SMILES string of the molecule is Cc1ccccc1N(CCCC(=O)N(Cc1ccc(Br)cc1)[C@@H](C)C(=O)NCC(C)C)S(C)(=O)=O. The lowest BCUT2D eigenvalue weighted by atomic mass is 10.1. The van der Waals surface area contributed by atoms with Gasteiger partial charge in [0.15, 0.2) is 0 Å². The number of nitrogens with zero attached hydrogens (tertiary/aromatic N) is 2. The highest BCUT2D eigenvalue weighted by Gasteiger charge is 2.27. The molecule has 7 nitrogen and oxygen atoms in total. The summed E-state index contributed by atoms with van der Waals surface area (Å²) in [6.45, 7) is 8.60. The van der Waals surface area contributed by atoms with Crippen molar-refractivity contribution in [3.05, 3.63) is 64.1 Å². The Bertz CT molecular complexity index is 1100. The quantitative estimate of drug-likeness (QED) is 0.410. The van der Waals surface area contributed by atoms with Gasteiger partial charge in [-0.15, -0.1) is 0 Å². The van der Waals surface area contributed by atoms with E-state index in [1.54, 1.807) is 24.0 Å². The van der Waals surface area contributed by atoms with E-state index in [4.69, 9.17) is 0 Å². The standard InChI is InChI=1S/C26H36BrN3O4S/c1-19(2)17-28-26(32)21(4)29(18-22-12-14-23(27)15-13-22)25(31)11-8-16-30(35(5,33)34)24-10-7-6-9-20(24)3/h6-7,9-10,12-15,19,21H,8,11,16-18H2,1-5H3,(H,28,32)/t21-/m0/s1. The third kappa shape index (κ3) is 8.96. The second-order valence-corrected chi connectivity index (χ2v) is 12.0. The maximum atomic E-state index is 13.3. The number of nitrogens with one attached hydrogen (secondary N) is 1. The number of halogens is 1. The fourth-order valence-electron chi connectivity index (χ4n) is 3.65. The summed E-state index contributed by atoms with van der Waals surface area (Å²) in [5, 5.41) is 2.91. The Balaban J connectivity index is 2.16. The monoisotopic (exact) mass is 565 g/mol. The minimum Gasteiger partial charge on any atom is -0.354 e. The van der Waals surface area contributed by atoms with Crippen molar-refractivity contribution in [2.24, 2.45) is 5.92 Å². The molecule has 9 heteroatoms. The molecule has 0 saturated heterocycles. The second kappa shape index (κ2) is 13.1. The molecule has 0 saturated carbocycles. The van der Waals surface area contributed by atoms with Crippen LogP contribution in [0, 0.1) is 12.8 Å². The number of anilines is 1. The van der Waals surface area contributed by atoms with Gasteiger partial charge in [0.2, 0.25) is 21.8 Å². The molecule has 2 amide bonds. The Labute approximate surface area is 218 Å². The molecule has 2 aromatic carbocycles. The molecule has 0 fully saturated rings. The van der Waals surface area contributed by atoms with Gasteiger partial charge in [0.1, 0.15) is 6.04 Å². The van der Waals surface area contributed by atoms with Gasteiger partial charge in [0.25, 0.3) is 0 Å². The van der Waals surface area contributed by atoms with Crippen LogP contribution in [0.4, 0.5) is 5.69 Å². The molecule has 0 bridgehead atoms. The largest absolute Gasteiger partial charge is 0.354 e. The highest BCUT2D eigenvalue weighted by molar-refractivity contribution is 9.10. The summed E-state index contributed by atoms with van der Waals surface area (Å²) in [4.78, 5) is 27.6. The highest BCUT2D eigenvalue weighted by Crippen LogP contribution is 2.23. The zero-order chi connectivity index (χ0) is 26.2. The Morgan fingerprint density at radius 1 is 1.03 bits per heavy atom. The van der Waals surface area contributed by atoms with Gasteiger partial charge < -0.3 is 10.2 Å². The predicted octanol–water partition coefficient (Wildman–Crippen LogP) is 4.49. The summed E-state index contributed by atoms with van der Waals surface area (Å²) in [7, 11) is -3.52. The number of rotatable bonds is 12. The first kappa shape index (κ1) is 28.8.